The number of hydrogen-bond acceptors (Lipinski definition) is 18. The number of aliphatic hydroxyl groups excluding tert-OH is 1. The summed E-state index contributed by atoms with van der Waals surface area (Å²) < 4.78 is 104. The van der Waals surface area contributed by atoms with Crippen molar-refractivity contribution in [3.8, 4) is 0 Å². The van der Waals surface area contributed by atoms with E-state index < -0.39 is 65.7 Å². The van der Waals surface area contributed by atoms with Gasteiger partial charge in [-0.05, 0) is 80.8 Å². The maximum absolute atomic E-state index is 14.6. The predicted molar refractivity (Wildman–Crippen MR) is 274 cm³/mol. The van der Waals surface area contributed by atoms with Crippen LogP contribution in [0.1, 0.15) is 150 Å². The molecular formula is C60H87NO17. The molecule has 31 atom stereocenters. The van der Waals surface area contributed by atoms with Gasteiger partial charge in [-0.1, -0.05) is 40.9 Å². The lowest BCUT2D eigenvalue weighted by Crippen LogP contribution is -2.71. The highest BCUT2D eigenvalue weighted by Gasteiger charge is 2.70. The second-order valence-electron chi connectivity index (χ2n) is 27.7. The van der Waals surface area contributed by atoms with E-state index in [1.165, 1.54) is 0 Å². The number of ether oxygens (including phenoxy) is 15. The summed E-state index contributed by atoms with van der Waals surface area (Å²) in [5.74, 6) is -2.63. The molecular weight excluding hydrogens is 1010 g/mol. The molecule has 12 bridgehead atoms. The number of fused-ring (bicyclic) bond motifs is 10. The molecule has 0 aromatic rings. The van der Waals surface area contributed by atoms with Crippen LogP contribution in [0.3, 0.4) is 0 Å². The van der Waals surface area contributed by atoms with Crippen molar-refractivity contribution in [2.24, 2.45) is 29.4 Å². The smallest absolute Gasteiger partial charge is 0.308 e. The average Bonchev–Trinajstić information content (AvgIpc) is 4.06. The molecule has 434 valence electrons. The first-order valence-corrected chi connectivity index (χ1v) is 30.7. The van der Waals surface area contributed by atoms with Crippen molar-refractivity contribution in [3.05, 3.63) is 24.3 Å². The van der Waals surface area contributed by atoms with Crippen LogP contribution in [0.4, 0.5) is 0 Å². The van der Waals surface area contributed by atoms with Crippen LogP contribution in [0.15, 0.2) is 24.3 Å². The van der Waals surface area contributed by atoms with E-state index in [4.69, 9.17) is 76.8 Å². The summed E-state index contributed by atoms with van der Waals surface area (Å²) in [5.41, 5.74) is 7.44. The SMILES string of the molecule is C=C1C2C[C@@H]3O[C@H]4C[C@H]5O[C@@]6(C[C@@H]7O[C@]8(C[C@H](C)[C@@H]9O[C@H](CN)[C@H](O)C[C@@H]9O8)C[C@H](C)[C@@H]7O6)C[C@H]5O[C@H]4[C@H](C)[C@H]3OC(=O)C[C@H]3CC[C@@H]4O[C@@]5(C)C6C[C@@H]7C[C@@](CC[C@H]8CC(=C)[C@H](CC[C@@H](C[C@H]1C)O2)O8)(O6)O[C@H](C5O7)[C@H]4O3. The van der Waals surface area contributed by atoms with Crippen LogP contribution >= 0.6 is 0 Å². The maximum atomic E-state index is 14.6. The highest BCUT2D eigenvalue weighted by atomic mass is 16.8. The van der Waals surface area contributed by atoms with E-state index in [9.17, 15) is 9.90 Å². The molecule has 78 heavy (non-hydrogen) atoms. The molecule has 18 nitrogen and oxygen atoms in total. The zero-order chi connectivity index (χ0) is 53.4. The molecule has 0 aliphatic carbocycles. The number of rotatable bonds is 1. The lowest BCUT2D eigenvalue weighted by atomic mass is 9.75. The molecule has 3 spiro atoms. The summed E-state index contributed by atoms with van der Waals surface area (Å²) in [7, 11) is 0. The third-order valence-corrected chi connectivity index (χ3v) is 22.2. The fourth-order valence-corrected chi connectivity index (χ4v) is 18.4. The van der Waals surface area contributed by atoms with Crippen molar-refractivity contribution in [3.63, 3.8) is 0 Å². The monoisotopic (exact) mass is 1090 g/mol. The van der Waals surface area contributed by atoms with E-state index in [0.29, 0.717) is 70.6 Å². The molecule has 0 aromatic heterocycles. The Labute approximate surface area is 459 Å². The summed E-state index contributed by atoms with van der Waals surface area (Å²) >= 11 is 0. The minimum Gasteiger partial charge on any atom is -0.459 e. The Morgan fingerprint density at radius 3 is 2.12 bits per heavy atom. The first-order chi connectivity index (χ1) is 37.4. The summed E-state index contributed by atoms with van der Waals surface area (Å²) in [4.78, 5) is 14.6. The fraction of sp³-hybridized carbons (Fsp3) is 0.917. The Morgan fingerprint density at radius 1 is 0.538 bits per heavy atom. The molecule has 16 heterocycles. The number of nitrogens with two attached hydrogens (primary N) is 1. The molecule has 0 aromatic carbocycles. The van der Waals surface area contributed by atoms with Crippen molar-refractivity contribution in [1.29, 1.82) is 0 Å². The molecule has 16 fully saturated rings. The normalized spacial score (nSPS) is 59.2. The zero-order valence-corrected chi connectivity index (χ0v) is 46.5. The summed E-state index contributed by atoms with van der Waals surface area (Å²) in [6.07, 6.45) is 4.83. The molecule has 16 rings (SSSR count). The van der Waals surface area contributed by atoms with Crippen LogP contribution in [0.5, 0.6) is 0 Å². The Kier molecular flexibility index (Phi) is 13.2. The second-order valence-corrected chi connectivity index (χ2v) is 27.7. The molecule has 0 radical (unpaired) electrons. The highest BCUT2D eigenvalue weighted by Crippen LogP contribution is 2.58. The Morgan fingerprint density at radius 2 is 1.27 bits per heavy atom. The lowest BCUT2D eigenvalue weighted by molar-refractivity contribution is -0.370. The van der Waals surface area contributed by atoms with Crippen LogP contribution in [0.25, 0.3) is 0 Å². The molecule has 0 saturated carbocycles. The third-order valence-electron chi connectivity index (χ3n) is 22.2. The minimum atomic E-state index is -0.900. The van der Waals surface area contributed by atoms with Gasteiger partial charge in [-0.15, -0.1) is 0 Å². The number of aliphatic hydroxyl groups is 1. The fourth-order valence-electron chi connectivity index (χ4n) is 18.4. The van der Waals surface area contributed by atoms with E-state index in [0.717, 1.165) is 49.7 Å². The van der Waals surface area contributed by atoms with Gasteiger partial charge in [0.2, 0.25) is 0 Å². The summed E-state index contributed by atoms with van der Waals surface area (Å²) in [6, 6.07) is 0. The molecule has 3 unspecified atom stereocenters. The maximum Gasteiger partial charge on any atom is 0.308 e. The van der Waals surface area contributed by atoms with Gasteiger partial charge in [0, 0.05) is 76.7 Å². The van der Waals surface area contributed by atoms with Gasteiger partial charge in [0.15, 0.2) is 17.4 Å². The topological polar surface area (TPSA) is 202 Å². The van der Waals surface area contributed by atoms with Crippen LogP contribution in [-0.4, -0.2) is 181 Å². The van der Waals surface area contributed by atoms with Crippen molar-refractivity contribution in [2.75, 3.05) is 6.54 Å². The predicted octanol–water partition coefficient (Wildman–Crippen LogP) is 5.92. The van der Waals surface area contributed by atoms with Crippen LogP contribution in [0.2, 0.25) is 0 Å². The largest absolute Gasteiger partial charge is 0.459 e. The molecule has 16 aliphatic heterocycles. The molecule has 3 N–H and O–H groups in total. The molecule has 0 amide bonds. The summed E-state index contributed by atoms with van der Waals surface area (Å²) in [5, 5.41) is 10.9. The Hall–Kier alpha value is -1.69. The Balaban J connectivity index is 0.674. The standard InChI is InChI=1S/C60H87NO17/c1-27-14-33-8-10-38-28(2)15-35(64-38)12-13-58-23-36-16-48(76-58)57(7)56(67-36)55(78-58)54-39(72-57)11-9-34(66-54)17-49(63)71-53-32(6)52-43(68-42(53)19-40(65-33)31(27)5)20-41-45(69-52)24-60(73-41)25-46-51(77-60)30(4)22-59(75-46)21-29(3)50-44(74-59)18-37(62)47(26-61)70-50/h27,29-30,32-48,50-56,62H,2,5,8-26,61H2,1,3-4,6-7H3/t27-,29+,30+,32+,33+,34-,35+,36-,37-,38+,39+,40?,41-,42+,43+,44+,45-,46+,47-,48?,50+,51+,52+,53-,54+,55+,56?,57+,58+,59-,60+/m1/s1. The first kappa shape index (κ1) is 53.1. The van der Waals surface area contributed by atoms with Crippen LogP contribution < -0.4 is 5.73 Å². The van der Waals surface area contributed by atoms with Crippen molar-refractivity contribution >= 4 is 5.97 Å². The second kappa shape index (κ2) is 19.4. The minimum absolute atomic E-state index is 0.00753. The highest BCUT2D eigenvalue weighted by molar-refractivity contribution is 5.70. The van der Waals surface area contributed by atoms with E-state index in [1.54, 1.807) is 0 Å². The average molecular weight is 1090 g/mol. The van der Waals surface area contributed by atoms with Gasteiger partial charge in [0.05, 0.1) is 122 Å². The van der Waals surface area contributed by atoms with Crippen molar-refractivity contribution in [1.82, 2.24) is 0 Å². The van der Waals surface area contributed by atoms with Gasteiger partial charge < -0.3 is 81.9 Å². The molecule has 16 saturated heterocycles. The Bertz CT molecular complexity index is 2340. The first-order valence-electron chi connectivity index (χ1n) is 30.7. The van der Waals surface area contributed by atoms with Gasteiger partial charge in [0.1, 0.15) is 30.0 Å². The molecule has 18 heteroatoms. The lowest BCUT2D eigenvalue weighted by Gasteiger charge is -2.57. The summed E-state index contributed by atoms with van der Waals surface area (Å²) in [6.45, 7) is 20.3. The van der Waals surface area contributed by atoms with E-state index in [-0.39, 0.29) is 140 Å². The van der Waals surface area contributed by atoms with Crippen LogP contribution in [0, 0.1) is 23.7 Å². The number of carbonyl (C=O) groups is 1. The van der Waals surface area contributed by atoms with Crippen LogP contribution in [-0.2, 0) is 75.8 Å². The van der Waals surface area contributed by atoms with E-state index in [1.807, 2.05) is 0 Å². The number of esters is 1. The third kappa shape index (κ3) is 8.86. The van der Waals surface area contributed by atoms with Gasteiger partial charge >= 0.3 is 5.97 Å². The quantitative estimate of drug-likeness (QED) is 0.231. The van der Waals surface area contributed by atoms with E-state index in [2.05, 4.69) is 47.8 Å². The number of hydrogen-bond donors (Lipinski definition) is 2. The van der Waals surface area contributed by atoms with Gasteiger partial charge in [-0.2, -0.15) is 0 Å². The van der Waals surface area contributed by atoms with E-state index >= 15 is 0 Å². The van der Waals surface area contributed by atoms with Gasteiger partial charge in [-0.25, -0.2) is 0 Å². The van der Waals surface area contributed by atoms with Gasteiger partial charge in [0.25, 0.3) is 0 Å². The molecule has 16 aliphatic rings. The van der Waals surface area contributed by atoms with Crippen molar-refractivity contribution < 1.29 is 81.0 Å². The van der Waals surface area contributed by atoms with Crippen molar-refractivity contribution in [2.45, 2.75) is 314 Å². The zero-order valence-electron chi connectivity index (χ0n) is 46.5. The van der Waals surface area contributed by atoms with Gasteiger partial charge in [-0.3, -0.25) is 4.79 Å². The number of carbonyl (C=O) groups excluding carboxylic acids is 1.